The molecule has 0 aliphatic carbocycles. The number of amides is 2. The minimum atomic E-state index is -0.173. The summed E-state index contributed by atoms with van der Waals surface area (Å²) < 4.78 is 2.04. The first kappa shape index (κ1) is 15.2. The molecule has 0 saturated heterocycles. The van der Waals surface area contributed by atoms with Crippen LogP contribution >= 0.6 is 0 Å². The number of nitrogens with one attached hydrogen (secondary N) is 2. The molecule has 0 aliphatic rings. The van der Waals surface area contributed by atoms with Crippen molar-refractivity contribution in [3.8, 4) is 0 Å². The average Bonchev–Trinajstić information content (AvgIpc) is 2.92. The Morgan fingerprint density at radius 3 is 2.65 bits per heavy atom. The molecule has 0 radical (unpaired) electrons. The highest BCUT2D eigenvalue weighted by molar-refractivity contribution is 6.00. The van der Waals surface area contributed by atoms with Gasteiger partial charge in [-0.25, -0.2) is 4.79 Å². The zero-order valence-corrected chi connectivity index (χ0v) is 13.5. The highest BCUT2D eigenvalue weighted by Crippen LogP contribution is 2.23. The number of urea groups is 1. The van der Waals surface area contributed by atoms with Crippen LogP contribution in [0.15, 0.2) is 54.7 Å². The second-order valence-electron chi connectivity index (χ2n) is 5.78. The van der Waals surface area contributed by atoms with Crippen molar-refractivity contribution >= 4 is 22.6 Å². The van der Waals surface area contributed by atoms with Crippen LogP contribution in [-0.2, 0) is 13.5 Å². The van der Waals surface area contributed by atoms with E-state index in [1.54, 1.807) is 0 Å². The average molecular weight is 307 g/mol. The van der Waals surface area contributed by atoms with Crippen LogP contribution in [-0.4, -0.2) is 17.1 Å². The fourth-order valence-electron chi connectivity index (χ4n) is 2.65. The molecule has 1 heterocycles. The van der Waals surface area contributed by atoms with Crippen LogP contribution in [0.3, 0.4) is 0 Å². The number of anilines is 1. The van der Waals surface area contributed by atoms with Gasteiger partial charge in [-0.05, 0) is 37.1 Å². The maximum absolute atomic E-state index is 12.1. The Bertz CT molecular complexity index is 818. The smallest absolute Gasteiger partial charge is 0.319 e. The number of hydrogen-bond acceptors (Lipinski definition) is 1. The van der Waals surface area contributed by atoms with Gasteiger partial charge in [-0.15, -0.1) is 0 Å². The lowest BCUT2D eigenvalue weighted by atomic mass is 10.1. The highest BCUT2D eigenvalue weighted by atomic mass is 16.2. The van der Waals surface area contributed by atoms with Crippen LogP contribution in [0.2, 0.25) is 0 Å². The molecule has 2 amide bonds. The van der Waals surface area contributed by atoms with Gasteiger partial charge in [-0.2, -0.15) is 0 Å². The first-order valence-electron chi connectivity index (χ1n) is 7.78. The first-order valence-corrected chi connectivity index (χ1v) is 7.78. The zero-order chi connectivity index (χ0) is 16.2. The molecule has 0 saturated carbocycles. The van der Waals surface area contributed by atoms with Crippen molar-refractivity contribution in [2.45, 2.75) is 13.3 Å². The van der Waals surface area contributed by atoms with Gasteiger partial charge in [-0.3, -0.25) is 0 Å². The van der Waals surface area contributed by atoms with E-state index < -0.39 is 0 Å². The number of hydrogen-bond donors (Lipinski definition) is 2. The quantitative estimate of drug-likeness (QED) is 0.755. The van der Waals surface area contributed by atoms with E-state index in [9.17, 15) is 4.79 Å². The minimum absolute atomic E-state index is 0.173. The molecule has 3 rings (SSSR count). The maximum atomic E-state index is 12.1. The highest BCUT2D eigenvalue weighted by Gasteiger charge is 2.07. The van der Waals surface area contributed by atoms with E-state index in [1.807, 2.05) is 42.1 Å². The molecular formula is C19H21N3O. The lowest BCUT2D eigenvalue weighted by Crippen LogP contribution is -2.30. The van der Waals surface area contributed by atoms with Gasteiger partial charge in [0.2, 0.25) is 0 Å². The Balaban J connectivity index is 1.57. The molecule has 0 atom stereocenters. The molecule has 2 N–H and O–H groups in total. The van der Waals surface area contributed by atoms with Crippen LogP contribution in [0.1, 0.15) is 11.1 Å². The van der Waals surface area contributed by atoms with E-state index in [0.29, 0.717) is 6.54 Å². The van der Waals surface area contributed by atoms with Crippen LogP contribution < -0.4 is 10.6 Å². The summed E-state index contributed by atoms with van der Waals surface area (Å²) in [7, 11) is 1.99. The number of carbonyl (C=O) groups excluding carboxylic acids is 1. The van der Waals surface area contributed by atoms with Crippen LogP contribution in [0.25, 0.3) is 10.9 Å². The number of carbonyl (C=O) groups is 1. The van der Waals surface area contributed by atoms with Crippen molar-refractivity contribution in [1.82, 2.24) is 9.88 Å². The fourth-order valence-corrected chi connectivity index (χ4v) is 2.65. The van der Waals surface area contributed by atoms with Crippen molar-refractivity contribution in [2.75, 3.05) is 11.9 Å². The largest absolute Gasteiger partial charge is 0.350 e. The van der Waals surface area contributed by atoms with Crippen molar-refractivity contribution in [3.05, 3.63) is 65.9 Å². The molecule has 2 aromatic carbocycles. The third-order valence-electron chi connectivity index (χ3n) is 4.00. The summed E-state index contributed by atoms with van der Waals surface area (Å²) in [5, 5.41) is 6.88. The monoisotopic (exact) mass is 307 g/mol. The van der Waals surface area contributed by atoms with E-state index in [4.69, 9.17) is 0 Å². The number of rotatable bonds is 4. The number of fused-ring (bicyclic) bond motifs is 1. The number of benzene rings is 2. The molecule has 0 aliphatic heterocycles. The Labute approximate surface area is 136 Å². The normalized spacial score (nSPS) is 10.7. The second-order valence-corrected chi connectivity index (χ2v) is 5.78. The first-order chi connectivity index (χ1) is 11.1. The van der Waals surface area contributed by atoms with Crippen molar-refractivity contribution in [3.63, 3.8) is 0 Å². The van der Waals surface area contributed by atoms with Gasteiger partial charge in [0.15, 0.2) is 0 Å². The number of aryl methyl sites for hydroxylation is 2. The summed E-state index contributed by atoms with van der Waals surface area (Å²) in [6.07, 6.45) is 2.81. The van der Waals surface area contributed by atoms with E-state index in [2.05, 4.69) is 41.8 Å². The molecule has 118 valence electrons. The van der Waals surface area contributed by atoms with Gasteiger partial charge in [0.05, 0.1) is 5.69 Å². The molecule has 0 unspecified atom stereocenters. The molecule has 0 spiro atoms. The Morgan fingerprint density at radius 1 is 1.09 bits per heavy atom. The minimum Gasteiger partial charge on any atom is -0.350 e. The van der Waals surface area contributed by atoms with Gasteiger partial charge in [-0.1, -0.05) is 35.9 Å². The number of aromatic nitrogens is 1. The van der Waals surface area contributed by atoms with E-state index in [0.717, 1.165) is 23.0 Å². The Morgan fingerprint density at radius 2 is 1.87 bits per heavy atom. The summed E-state index contributed by atoms with van der Waals surface area (Å²) in [5.41, 5.74) is 4.40. The maximum Gasteiger partial charge on any atom is 0.319 e. The van der Waals surface area contributed by atoms with Gasteiger partial charge in [0, 0.05) is 30.7 Å². The lowest BCUT2D eigenvalue weighted by Gasteiger charge is -2.09. The Hall–Kier alpha value is -2.75. The predicted octanol–water partition coefficient (Wildman–Crippen LogP) is 3.85. The van der Waals surface area contributed by atoms with Crippen LogP contribution in [0.4, 0.5) is 10.5 Å². The summed E-state index contributed by atoms with van der Waals surface area (Å²) in [6.45, 7) is 2.68. The van der Waals surface area contributed by atoms with Crippen molar-refractivity contribution in [1.29, 1.82) is 0 Å². The molecule has 3 aromatic rings. The predicted molar refractivity (Wildman–Crippen MR) is 94.8 cm³/mol. The lowest BCUT2D eigenvalue weighted by molar-refractivity contribution is 0.252. The topological polar surface area (TPSA) is 46.1 Å². The number of nitrogens with zero attached hydrogens (tertiary/aromatic N) is 1. The van der Waals surface area contributed by atoms with Crippen molar-refractivity contribution in [2.24, 2.45) is 7.05 Å². The summed E-state index contributed by atoms with van der Waals surface area (Å²) in [4.78, 5) is 12.1. The van der Waals surface area contributed by atoms with E-state index in [1.165, 1.54) is 11.1 Å². The van der Waals surface area contributed by atoms with E-state index in [-0.39, 0.29) is 6.03 Å². The van der Waals surface area contributed by atoms with Crippen molar-refractivity contribution < 1.29 is 4.79 Å². The third-order valence-corrected chi connectivity index (χ3v) is 4.00. The molecule has 0 fully saturated rings. The molecule has 0 bridgehead atoms. The molecular weight excluding hydrogens is 286 g/mol. The summed E-state index contributed by atoms with van der Waals surface area (Å²) in [5.74, 6) is 0. The zero-order valence-electron chi connectivity index (χ0n) is 13.5. The summed E-state index contributed by atoms with van der Waals surface area (Å²) in [6, 6.07) is 16.1. The summed E-state index contributed by atoms with van der Waals surface area (Å²) >= 11 is 0. The third kappa shape index (κ3) is 3.54. The molecule has 4 nitrogen and oxygen atoms in total. The van der Waals surface area contributed by atoms with Crippen LogP contribution in [0.5, 0.6) is 0 Å². The SMILES string of the molecule is Cc1ccc(CCNC(=O)Nc2cccc3c2ccn3C)cc1. The van der Waals surface area contributed by atoms with Crippen LogP contribution in [0, 0.1) is 6.92 Å². The Kier molecular flexibility index (Phi) is 4.33. The van der Waals surface area contributed by atoms with Gasteiger partial charge >= 0.3 is 6.03 Å². The molecule has 1 aromatic heterocycles. The fraction of sp³-hybridized carbons (Fsp3) is 0.211. The van der Waals surface area contributed by atoms with Gasteiger partial charge in [0.25, 0.3) is 0 Å². The molecule has 23 heavy (non-hydrogen) atoms. The van der Waals surface area contributed by atoms with Gasteiger partial charge < -0.3 is 15.2 Å². The van der Waals surface area contributed by atoms with E-state index >= 15 is 0 Å². The molecule has 4 heteroatoms. The van der Waals surface area contributed by atoms with Gasteiger partial charge in [0.1, 0.15) is 0 Å². The standard InChI is InChI=1S/C19H21N3O/c1-14-6-8-15(9-7-14)10-12-20-19(23)21-17-4-3-5-18-16(17)11-13-22(18)2/h3-9,11,13H,10,12H2,1-2H3,(H2,20,21,23). The second kappa shape index (κ2) is 6.57.